The molecule has 2 unspecified atom stereocenters. The van der Waals surface area contributed by atoms with Gasteiger partial charge in [-0.05, 0) is 13.0 Å². The third kappa shape index (κ3) is 2.32. The van der Waals surface area contributed by atoms with E-state index in [0.29, 0.717) is 0 Å². The molecule has 0 fully saturated rings. The lowest BCUT2D eigenvalue weighted by Crippen LogP contribution is -2.49. The molecule has 0 saturated carbocycles. The molecule has 0 heterocycles. The number of carbonyl (C=O) groups excluding carboxylic acids is 1. The van der Waals surface area contributed by atoms with E-state index in [2.05, 4.69) is 5.32 Å². The van der Waals surface area contributed by atoms with E-state index >= 15 is 0 Å². The minimum atomic E-state index is -1.67. The number of amides is 1. The molecule has 0 aliphatic heterocycles. The molecule has 7 heteroatoms. The third-order valence-electron chi connectivity index (χ3n) is 2.57. The maximum Gasteiger partial charge on any atom is 0.320 e. The summed E-state index contributed by atoms with van der Waals surface area (Å²) in [5.41, 5.74) is -1.69. The second kappa shape index (κ2) is 4.36. The van der Waals surface area contributed by atoms with Crippen LogP contribution >= 0.6 is 0 Å². The number of aliphatic carboxylic acids is 1. The van der Waals surface area contributed by atoms with Crippen molar-refractivity contribution in [3.63, 3.8) is 0 Å². The van der Waals surface area contributed by atoms with E-state index < -0.39 is 28.3 Å². The second-order valence-electron chi connectivity index (χ2n) is 3.94. The molecule has 0 aromatic heterocycles. The van der Waals surface area contributed by atoms with Crippen molar-refractivity contribution in [2.45, 2.75) is 19.9 Å². The molecular formula is C10H12N2O5. The van der Waals surface area contributed by atoms with Crippen LogP contribution < -0.4 is 5.32 Å². The van der Waals surface area contributed by atoms with Crippen LogP contribution in [0.5, 0.6) is 0 Å². The predicted molar refractivity (Wildman–Crippen MR) is 57.6 cm³/mol. The molecule has 2 N–H and O–H groups in total. The zero-order valence-electron chi connectivity index (χ0n) is 9.34. The Bertz CT molecular complexity index is 440. The van der Waals surface area contributed by atoms with E-state index in [1.807, 2.05) is 0 Å². The second-order valence-corrected chi connectivity index (χ2v) is 3.94. The van der Waals surface area contributed by atoms with Crippen LogP contribution in [0, 0.1) is 15.5 Å². The Balaban J connectivity index is 3.20. The number of carboxylic acid groups (broad SMARTS) is 1. The van der Waals surface area contributed by atoms with Crippen molar-refractivity contribution in [1.82, 2.24) is 5.32 Å². The topological polar surface area (TPSA) is 110 Å². The zero-order chi connectivity index (χ0) is 13.2. The van der Waals surface area contributed by atoms with Gasteiger partial charge in [-0.2, -0.15) is 0 Å². The smallest absolute Gasteiger partial charge is 0.320 e. The van der Waals surface area contributed by atoms with E-state index in [1.54, 1.807) is 0 Å². The van der Waals surface area contributed by atoms with Crippen molar-refractivity contribution in [3.05, 3.63) is 34.0 Å². The lowest BCUT2D eigenvalue weighted by molar-refractivity contribution is -0.525. The number of carboxylic acids is 1. The zero-order valence-corrected chi connectivity index (χ0v) is 9.34. The summed E-state index contributed by atoms with van der Waals surface area (Å²) in [5.74, 6) is -1.79. The highest BCUT2D eigenvalue weighted by Gasteiger charge is 2.51. The van der Waals surface area contributed by atoms with Gasteiger partial charge in [0.15, 0.2) is 5.41 Å². The molecule has 0 spiro atoms. The number of hydrogen-bond acceptors (Lipinski definition) is 4. The molecule has 1 aliphatic rings. The van der Waals surface area contributed by atoms with E-state index in [-0.39, 0.29) is 5.70 Å². The van der Waals surface area contributed by atoms with Crippen LogP contribution in [0.4, 0.5) is 0 Å². The first-order chi connectivity index (χ1) is 7.79. The van der Waals surface area contributed by atoms with Crippen molar-refractivity contribution >= 4 is 11.9 Å². The molecular weight excluding hydrogens is 228 g/mol. The van der Waals surface area contributed by atoms with Gasteiger partial charge in [0.25, 0.3) is 6.04 Å². The summed E-state index contributed by atoms with van der Waals surface area (Å²) in [5, 5.41) is 22.3. The van der Waals surface area contributed by atoms with Crippen molar-refractivity contribution in [3.8, 4) is 0 Å². The SMILES string of the molecule is CC(=O)NC1=CC=CC(C)(C(=O)O)C1[N+](=O)[O-]. The van der Waals surface area contributed by atoms with Crippen molar-refractivity contribution < 1.29 is 19.6 Å². The molecule has 92 valence electrons. The number of allylic oxidation sites excluding steroid dienone is 2. The summed E-state index contributed by atoms with van der Waals surface area (Å²) in [6, 6.07) is -1.51. The number of carbonyl (C=O) groups is 2. The van der Waals surface area contributed by atoms with Gasteiger partial charge in [-0.1, -0.05) is 12.2 Å². The number of nitrogens with one attached hydrogen (secondary N) is 1. The molecule has 0 bridgehead atoms. The Morgan fingerprint density at radius 1 is 1.59 bits per heavy atom. The highest BCUT2D eigenvalue weighted by Crippen LogP contribution is 2.33. The molecule has 0 saturated heterocycles. The van der Waals surface area contributed by atoms with E-state index in [4.69, 9.17) is 5.11 Å². The fraction of sp³-hybridized carbons (Fsp3) is 0.400. The summed E-state index contributed by atoms with van der Waals surface area (Å²) in [4.78, 5) is 32.3. The maximum absolute atomic E-state index is 11.1. The monoisotopic (exact) mass is 240 g/mol. The van der Waals surface area contributed by atoms with Gasteiger partial charge in [-0.25, -0.2) is 0 Å². The average Bonchev–Trinajstić information content (AvgIpc) is 2.15. The lowest BCUT2D eigenvalue weighted by atomic mass is 9.78. The first kappa shape index (κ1) is 12.9. The van der Waals surface area contributed by atoms with Crippen LogP contribution in [0.15, 0.2) is 23.9 Å². The van der Waals surface area contributed by atoms with Gasteiger partial charge in [0.05, 0.1) is 5.70 Å². The molecule has 7 nitrogen and oxygen atoms in total. The van der Waals surface area contributed by atoms with Crippen LogP contribution in [0.1, 0.15) is 13.8 Å². The van der Waals surface area contributed by atoms with Gasteiger partial charge in [-0.3, -0.25) is 19.7 Å². The van der Waals surface area contributed by atoms with Crippen LogP contribution in [0.3, 0.4) is 0 Å². The maximum atomic E-state index is 11.1. The van der Waals surface area contributed by atoms with Crippen LogP contribution in [0.25, 0.3) is 0 Å². The number of rotatable bonds is 3. The van der Waals surface area contributed by atoms with Crippen LogP contribution in [-0.2, 0) is 9.59 Å². The van der Waals surface area contributed by atoms with Crippen molar-refractivity contribution in [2.24, 2.45) is 5.41 Å². The van der Waals surface area contributed by atoms with Gasteiger partial charge < -0.3 is 10.4 Å². The molecule has 1 amide bonds. The first-order valence-corrected chi connectivity index (χ1v) is 4.83. The van der Waals surface area contributed by atoms with Crippen LogP contribution in [0.2, 0.25) is 0 Å². The third-order valence-corrected chi connectivity index (χ3v) is 2.57. The predicted octanol–water partition coefficient (Wildman–Crippen LogP) is 0.312. The summed E-state index contributed by atoms with van der Waals surface area (Å²) < 4.78 is 0. The molecule has 2 atom stereocenters. The van der Waals surface area contributed by atoms with Gasteiger partial charge in [-0.15, -0.1) is 0 Å². The lowest BCUT2D eigenvalue weighted by Gasteiger charge is -2.28. The largest absolute Gasteiger partial charge is 0.480 e. The molecule has 1 aliphatic carbocycles. The van der Waals surface area contributed by atoms with Gasteiger partial charge in [0, 0.05) is 11.8 Å². The molecule has 17 heavy (non-hydrogen) atoms. The van der Waals surface area contributed by atoms with Crippen molar-refractivity contribution in [1.29, 1.82) is 0 Å². The van der Waals surface area contributed by atoms with E-state index in [1.165, 1.54) is 32.1 Å². The highest BCUT2D eigenvalue weighted by molar-refractivity contribution is 5.80. The number of nitrogens with zero attached hydrogens (tertiary/aromatic N) is 1. The van der Waals surface area contributed by atoms with Crippen molar-refractivity contribution in [2.75, 3.05) is 0 Å². The Hall–Kier alpha value is -2.18. The van der Waals surface area contributed by atoms with E-state index in [0.717, 1.165) is 0 Å². The fourth-order valence-electron chi connectivity index (χ4n) is 1.69. The molecule has 0 aromatic carbocycles. The molecule has 0 aromatic rings. The Labute approximate surface area is 97.0 Å². The first-order valence-electron chi connectivity index (χ1n) is 4.83. The summed E-state index contributed by atoms with van der Waals surface area (Å²) in [6.45, 7) is 2.45. The quantitative estimate of drug-likeness (QED) is 0.545. The normalized spacial score (nSPS) is 27.2. The Kier molecular flexibility index (Phi) is 3.31. The Morgan fingerprint density at radius 3 is 2.59 bits per heavy atom. The minimum absolute atomic E-state index is 0.0186. The Morgan fingerprint density at radius 2 is 2.18 bits per heavy atom. The molecule has 1 rings (SSSR count). The number of nitro groups is 1. The van der Waals surface area contributed by atoms with E-state index in [9.17, 15) is 19.7 Å². The fourth-order valence-corrected chi connectivity index (χ4v) is 1.69. The summed E-state index contributed by atoms with van der Waals surface area (Å²) in [7, 11) is 0. The van der Waals surface area contributed by atoms with Gasteiger partial charge in [0.2, 0.25) is 5.91 Å². The van der Waals surface area contributed by atoms with Crippen LogP contribution in [-0.4, -0.2) is 27.9 Å². The summed E-state index contributed by atoms with van der Waals surface area (Å²) >= 11 is 0. The van der Waals surface area contributed by atoms with Gasteiger partial charge >= 0.3 is 5.97 Å². The molecule has 0 radical (unpaired) electrons. The minimum Gasteiger partial charge on any atom is -0.480 e. The highest BCUT2D eigenvalue weighted by atomic mass is 16.6. The number of hydrogen-bond donors (Lipinski definition) is 2. The summed E-state index contributed by atoms with van der Waals surface area (Å²) in [6.07, 6.45) is 3.97. The standard InChI is InChI=1S/C10H12N2O5/c1-6(13)11-7-4-3-5-10(2,9(14)15)8(7)12(16)17/h3-5,8H,1-2H3,(H,11,13)(H,14,15). The van der Waals surface area contributed by atoms with Gasteiger partial charge in [0.1, 0.15) is 0 Å². The average molecular weight is 240 g/mol.